The van der Waals surface area contributed by atoms with Gasteiger partial charge in [-0.1, -0.05) is 12.1 Å². The summed E-state index contributed by atoms with van der Waals surface area (Å²) in [5.74, 6) is -0.538. The highest BCUT2D eigenvalue weighted by molar-refractivity contribution is 6.32. The van der Waals surface area contributed by atoms with Crippen LogP contribution in [0.3, 0.4) is 0 Å². The summed E-state index contributed by atoms with van der Waals surface area (Å²) in [5.41, 5.74) is 1.16. The molecule has 1 amide bonds. The van der Waals surface area contributed by atoms with Crippen molar-refractivity contribution >= 4 is 17.5 Å². The van der Waals surface area contributed by atoms with Crippen molar-refractivity contribution in [2.75, 3.05) is 7.05 Å². The molecule has 0 atom stereocenters. The van der Waals surface area contributed by atoms with Gasteiger partial charge in [0.2, 0.25) is 5.22 Å². The molecule has 1 aromatic carbocycles. The third kappa shape index (κ3) is 2.71. The summed E-state index contributed by atoms with van der Waals surface area (Å²) in [7, 11) is 1.65. The molecule has 2 rings (SSSR count). The fraction of sp³-hybridized carbons (Fsp3) is 0.154. The molecule has 0 spiro atoms. The van der Waals surface area contributed by atoms with E-state index in [-0.39, 0.29) is 16.9 Å². The van der Waals surface area contributed by atoms with Crippen molar-refractivity contribution in [3.63, 3.8) is 0 Å². The molecule has 0 unspecified atom stereocenters. The molecule has 0 bridgehead atoms. The predicted octanol–water partition coefficient (Wildman–Crippen LogP) is 3.34. The number of hydrogen-bond acceptors (Lipinski definition) is 2. The zero-order valence-electron chi connectivity index (χ0n) is 9.69. The molecule has 0 radical (unpaired) electrons. The van der Waals surface area contributed by atoms with Gasteiger partial charge in [0.1, 0.15) is 5.82 Å². The normalized spacial score (nSPS) is 10.4. The second-order valence-electron chi connectivity index (χ2n) is 3.90. The van der Waals surface area contributed by atoms with Crippen LogP contribution in [0.4, 0.5) is 4.39 Å². The Morgan fingerprint density at radius 1 is 1.33 bits per heavy atom. The fourth-order valence-electron chi connectivity index (χ4n) is 1.59. The van der Waals surface area contributed by atoms with E-state index in [2.05, 4.69) is 0 Å². The van der Waals surface area contributed by atoms with Crippen LogP contribution in [0.15, 0.2) is 41.0 Å². The number of benzene rings is 1. The smallest absolute Gasteiger partial charge is 0.258 e. The molecule has 0 saturated heterocycles. The van der Waals surface area contributed by atoms with E-state index >= 15 is 0 Å². The van der Waals surface area contributed by atoms with Gasteiger partial charge in [0.15, 0.2) is 0 Å². The highest BCUT2D eigenvalue weighted by Gasteiger charge is 2.17. The van der Waals surface area contributed by atoms with Crippen LogP contribution in [0.5, 0.6) is 0 Å². The summed E-state index contributed by atoms with van der Waals surface area (Å²) in [5, 5.41) is 0.0750. The highest BCUT2D eigenvalue weighted by Crippen LogP contribution is 2.19. The molecule has 0 aliphatic rings. The van der Waals surface area contributed by atoms with Gasteiger partial charge in [-0.3, -0.25) is 4.79 Å². The summed E-state index contributed by atoms with van der Waals surface area (Å²) >= 11 is 5.74. The Morgan fingerprint density at radius 3 is 2.56 bits per heavy atom. The van der Waals surface area contributed by atoms with E-state index in [1.807, 2.05) is 0 Å². The average molecular weight is 268 g/mol. The van der Waals surface area contributed by atoms with Crippen LogP contribution in [-0.4, -0.2) is 17.9 Å². The Balaban J connectivity index is 2.08. The van der Waals surface area contributed by atoms with Gasteiger partial charge in [-0.25, -0.2) is 4.39 Å². The SMILES string of the molecule is CN(Cc1ccc(F)cc1)C(=O)c1ccoc1Cl. The number of halogens is 2. The molecule has 0 saturated carbocycles. The van der Waals surface area contributed by atoms with Crippen molar-refractivity contribution in [3.05, 3.63) is 58.8 Å². The van der Waals surface area contributed by atoms with Gasteiger partial charge in [-0.05, 0) is 35.4 Å². The standard InChI is InChI=1S/C13H11ClFNO2/c1-16(8-9-2-4-10(15)5-3-9)13(17)11-6-7-18-12(11)14/h2-7H,8H2,1H3. The summed E-state index contributed by atoms with van der Waals surface area (Å²) in [6.07, 6.45) is 1.36. The maximum atomic E-state index is 12.7. The van der Waals surface area contributed by atoms with E-state index in [0.717, 1.165) is 5.56 Å². The highest BCUT2D eigenvalue weighted by atomic mass is 35.5. The van der Waals surface area contributed by atoms with E-state index in [4.69, 9.17) is 16.0 Å². The molecule has 0 aliphatic carbocycles. The van der Waals surface area contributed by atoms with Gasteiger partial charge >= 0.3 is 0 Å². The van der Waals surface area contributed by atoms with Crippen LogP contribution in [0.25, 0.3) is 0 Å². The Hall–Kier alpha value is -1.81. The second kappa shape index (κ2) is 5.23. The summed E-state index contributed by atoms with van der Waals surface area (Å²) in [4.78, 5) is 13.5. The number of amides is 1. The number of carbonyl (C=O) groups excluding carboxylic acids is 1. The summed E-state index contributed by atoms with van der Waals surface area (Å²) in [6.45, 7) is 0.376. The maximum absolute atomic E-state index is 12.7. The number of nitrogens with zero attached hydrogens (tertiary/aromatic N) is 1. The topological polar surface area (TPSA) is 33.5 Å². The number of rotatable bonds is 3. The first-order chi connectivity index (χ1) is 8.58. The predicted molar refractivity (Wildman–Crippen MR) is 65.9 cm³/mol. The quantitative estimate of drug-likeness (QED) is 0.854. The lowest BCUT2D eigenvalue weighted by atomic mass is 10.2. The van der Waals surface area contributed by atoms with Gasteiger partial charge < -0.3 is 9.32 Å². The largest absolute Gasteiger partial charge is 0.452 e. The van der Waals surface area contributed by atoms with Crippen molar-refractivity contribution in [1.82, 2.24) is 4.90 Å². The van der Waals surface area contributed by atoms with Crippen molar-refractivity contribution in [2.45, 2.75) is 6.54 Å². The summed E-state index contributed by atoms with van der Waals surface area (Å²) in [6, 6.07) is 7.51. The first kappa shape index (κ1) is 12.6. The van der Waals surface area contributed by atoms with Crippen molar-refractivity contribution in [3.8, 4) is 0 Å². The monoisotopic (exact) mass is 267 g/mol. The lowest BCUT2D eigenvalue weighted by Gasteiger charge is -2.16. The zero-order chi connectivity index (χ0) is 13.1. The maximum Gasteiger partial charge on any atom is 0.258 e. The second-order valence-corrected chi connectivity index (χ2v) is 4.24. The Bertz CT molecular complexity index is 550. The molecular weight excluding hydrogens is 257 g/mol. The van der Waals surface area contributed by atoms with Crippen molar-refractivity contribution < 1.29 is 13.6 Å². The Morgan fingerprint density at radius 2 is 2.00 bits per heavy atom. The minimum absolute atomic E-state index is 0.0750. The molecule has 18 heavy (non-hydrogen) atoms. The van der Waals surface area contributed by atoms with Gasteiger partial charge in [0.05, 0.1) is 11.8 Å². The lowest BCUT2D eigenvalue weighted by molar-refractivity contribution is 0.0784. The molecule has 5 heteroatoms. The molecule has 3 nitrogen and oxygen atoms in total. The number of furan rings is 1. The van der Waals surface area contributed by atoms with Crippen LogP contribution in [0.2, 0.25) is 5.22 Å². The van der Waals surface area contributed by atoms with E-state index in [0.29, 0.717) is 12.1 Å². The van der Waals surface area contributed by atoms with E-state index in [9.17, 15) is 9.18 Å². The Kier molecular flexibility index (Phi) is 3.67. The first-order valence-electron chi connectivity index (χ1n) is 5.31. The van der Waals surface area contributed by atoms with Gasteiger partial charge in [0.25, 0.3) is 5.91 Å². The number of carbonyl (C=O) groups is 1. The minimum Gasteiger partial charge on any atom is -0.452 e. The van der Waals surface area contributed by atoms with E-state index in [1.54, 1.807) is 19.2 Å². The van der Waals surface area contributed by atoms with Crippen LogP contribution in [0.1, 0.15) is 15.9 Å². The van der Waals surface area contributed by atoms with Gasteiger partial charge in [-0.2, -0.15) is 0 Å². The van der Waals surface area contributed by atoms with Crippen molar-refractivity contribution in [1.29, 1.82) is 0 Å². The third-order valence-electron chi connectivity index (χ3n) is 2.53. The first-order valence-corrected chi connectivity index (χ1v) is 5.68. The third-order valence-corrected chi connectivity index (χ3v) is 2.82. The van der Waals surface area contributed by atoms with Crippen LogP contribution in [0, 0.1) is 5.82 Å². The van der Waals surface area contributed by atoms with Crippen molar-refractivity contribution in [2.24, 2.45) is 0 Å². The van der Waals surface area contributed by atoms with Gasteiger partial charge in [0, 0.05) is 13.6 Å². The van der Waals surface area contributed by atoms with Crippen LogP contribution >= 0.6 is 11.6 Å². The fourth-order valence-corrected chi connectivity index (χ4v) is 1.78. The van der Waals surface area contributed by atoms with Crippen LogP contribution in [-0.2, 0) is 6.54 Å². The molecular formula is C13H11ClFNO2. The molecule has 94 valence electrons. The average Bonchev–Trinajstić information content (AvgIpc) is 2.77. The summed E-state index contributed by atoms with van der Waals surface area (Å²) < 4.78 is 17.6. The minimum atomic E-state index is -0.300. The van der Waals surface area contributed by atoms with Crippen LogP contribution < -0.4 is 0 Å². The molecule has 0 N–H and O–H groups in total. The molecule has 1 heterocycles. The van der Waals surface area contributed by atoms with Gasteiger partial charge in [-0.15, -0.1) is 0 Å². The number of hydrogen-bond donors (Lipinski definition) is 0. The Labute approximate surface area is 109 Å². The molecule has 2 aromatic rings. The zero-order valence-corrected chi connectivity index (χ0v) is 10.4. The van der Waals surface area contributed by atoms with E-state index < -0.39 is 0 Å². The van der Waals surface area contributed by atoms with E-state index in [1.165, 1.54) is 29.4 Å². The lowest BCUT2D eigenvalue weighted by Crippen LogP contribution is -2.26. The molecule has 0 fully saturated rings. The molecule has 0 aliphatic heterocycles. The molecule has 1 aromatic heterocycles.